The van der Waals surface area contributed by atoms with E-state index in [1.54, 1.807) is 11.1 Å². The molecule has 1 aliphatic rings. The van der Waals surface area contributed by atoms with Crippen LogP contribution in [0.15, 0.2) is 54.7 Å². The Morgan fingerprint density at radius 3 is 2.59 bits per heavy atom. The van der Waals surface area contributed by atoms with Gasteiger partial charge in [-0.1, -0.05) is 42.0 Å². The first-order valence-corrected chi connectivity index (χ1v) is 9.07. The molecule has 0 aliphatic carbocycles. The second-order valence-corrected chi connectivity index (χ2v) is 6.60. The highest BCUT2D eigenvalue weighted by molar-refractivity contribution is 5.81. The molecular weight excluding hydrogens is 340 g/mol. The number of carbonyl (C=O) groups excluding carboxylic acids is 2. The van der Waals surface area contributed by atoms with E-state index < -0.39 is 0 Å². The van der Waals surface area contributed by atoms with Crippen molar-refractivity contribution in [2.75, 3.05) is 13.2 Å². The van der Waals surface area contributed by atoms with Gasteiger partial charge in [0, 0.05) is 13.1 Å². The van der Waals surface area contributed by atoms with E-state index in [9.17, 15) is 9.59 Å². The summed E-state index contributed by atoms with van der Waals surface area (Å²) in [5.41, 5.74) is 3.20. The molecule has 140 valence electrons. The van der Waals surface area contributed by atoms with Crippen LogP contribution >= 0.6 is 0 Å². The zero-order valence-corrected chi connectivity index (χ0v) is 15.6. The number of fused-ring (bicyclic) bond motifs is 1. The van der Waals surface area contributed by atoms with Gasteiger partial charge in [0.25, 0.3) is 0 Å². The van der Waals surface area contributed by atoms with Gasteiger partial charge in [-0.05, 0) is 36.3 Å². The van der Waals surface area contributed by atoms with Gasteiger partial charge in [0.1, 0.15) is 12.4 Å². The fourth-order valence-corrected chi connectivity index (χ4v) is 3.15. The molecule has 1 atom stereocenters. The maximum atomic E-state index is 12.4. The number of nitrogens with one attached hydrogen (secondary N) is 1. The Morgan fingerprint density at radius 1 is 1.11 bits per heavy atom. The number of ether oxygens (including phenoxy) is 1. The summed E-state index contributed by atoms with van der Waals surface area (Å²) in [6.07, 6.45) is 3.87. The van der Waals surface area contributed by atoms with E-state index in [-0.39, 0.29) is 24.3 Å². The Balaban J connectivity index is 1.55. The van der Waals surface area contributed by atoms with Crippen LogP contribution < -0.4 is 10.1 Å². The minimum absolute atomic E-state index is 0.0822. The Kier molecular flexibility index (Phi) is 5.91. The van der Waals surface area contributed by atoms with Gasteiger partial charge in [-0.3, -0.25) is 9.59 Å². The predicted octanol–water partition coefficient (Wildman–Crippen LogP) is 3.45. The van der Waals surface area contributed by atoms with Crippen molar-refractivity contribution in [3.63, 3.8) is 0 Å². The van der Waals surface area contributed by atoms with Crippen molar-refractivity contribution >= 4 is 17.9 Å². The van der Waals surface area contributed by atoms with Crippen molar-refractivity contribution in [2.45, 2.75) is 26.3 Å². The zero-order valence-electron chi connectivity index (χ0n) is 15.6. The summed E-state index contributed by atoms with van der Waals surface area (Å²) in [6, 6.07) is 15.3. The van der Waals surface area contributed by atoms with E-state index in [0.717, 1.165) is 16.9 Å². The standard InChI is InChI=1S/C22H24N2O3/c1-16-7-9-19(10-8-16)27-14-12-23-22(26)15-21-20-6-4-3-5-18(20)11-13-24(21)17(2)25/h3-11,13,21H,12,14-15H2,1-2H3,(H,23,26). The Hall–Kier alpha value is -3.08. The highest BCUT2D eigenvalue weighted by atomic mass is 16.5. The average Bonchev–Trinajstić information content (AvgIpc) is 2.66. The average molecular weight is 364 g/mol. The number of hydrogen-bond acceptors (Lipinski definition) is 3. The molecule has 1 unspecified atom stereocenters. The molecule has 0 saturated heterocycles. The lowest BCUT2D eigenvalue weighted by atomic mass is 9.93. The summed E-state index contributed by atoms with van der Waals surface area (Å²) in [5.74, 6) is 0.592. The normalized spacial score (nSPS) is 15.2. The van der Waals surface area contributed by atoms with Crippen molar-refractivity contribution in [1.29, 1.82) is 0 Å². The minimum Gasteiger partial charge on any atom is -0.492 e. The highest BCUT2D eigenvalue weighted by Gasteiger charge is 2.27. The van der Waals surface area contributed by atoms with Gasteiger partial charge in [0.15, 0.2) is 0 Å². The molecule has 2 aromatic rings. The summed E-state index contributed by atoms with van der Waals surface area (Å²) < 4.78 is 5.63. The molecule has 0 fully saturated rings. The Bertz CT molecular complexity index is 843. The monoisotopic (exact) mass is 364 g/mol. The summed E-state index contributed by atoms with van der Waals surface area (Å²) in [6.45, 7) is 4.34. The van der Waals surface area contributed by atoms with E-state index in [4.69, 9.17) is 4.74 Å². The molecule has 1 N–H and O–H groups in total. The molecule has 5 nitrogen and oxygen atoms in total. The summed E-state index contributed by atoms with van der Waals surface area (Å²) in [4.78, 5) is 26.0. The van der Waals surface area contributed by atoms with Crippen molar-refractivity contribution in [3.05, 3.63) is 71.4 Å². The summed E-state index contributed by atoms with van der Waals surface area (Å²) in [7, 11) is 0. The van der Waals surface area contributed by atoms with Gasteiger partial charge < -0.3 is 15.0 Å². The topological polar surface area (TPSA) is 58.6 Å². The van der Waals surface area contributed by atoms with Crippen LogP contribution in [-0.4, -0.2) is 29.9 Å². The smallest absolute Gasteiger partial charge is 0.223 e. The molecule has 27 heavy (non-hydrogen) atoms. The van der Waals surface area contributed by atoms with Gasteiger partial charge >= 0.3 is 0 Å². The molecule has 0 radical (unpaired) electrons. The van der Waals surface area contributed by atoms with Crippen LogP contribution in [0.1, 0.15) is 36.1 Å². The maximum absolute atomic E-state index is 12.4. The molecular formula is C22H24N2O3. The van der Waals surface area contributed by atoms with E-state index in [2.05, 4.69) is 5.32 Å². The molecule has 5 heteroatoms. The van der Waals surface area contributed by atoms with Crippen LogP contribution in [0.5, 0.6) is 5.75 Å². The first-order valence-electron chi connectivity index (χ1n) is 9.07. The number of benzene rings is 2. The fraction of sp³-hybridized carbons (Fsp3) is 0.273. The lowest BCUT2D eigenvalue weighted by Crippen LogP contribution is -2.36. The van der Waals surface area contributed by atoms with Crippen molar-refractivity contribution in [1.82, 2.24) is 10.2 Å². The van der Waals surface area contributed by atoms with Gasteiger partial charge in [0.2, 0.25) is 11.8 Å². The second kappa shape index (κ2) is 8.54. The van der Waals surface area contributed by atoms with Crippen LogP contribution in [0.4, 0.5) is 0 Å². The summed E-state index contributed by atoms with van der Waals surface area (Å²) >= 11 is 0. The van der Waals surface area contributed by atoms with Crippen LogP contribution in [-0.2, 0) is 9.59 Å². The highest BCUT2D eigenvalue weighted by Crippen LogP contribution is 2.32. The minimum atomic E-state index is -0.290. The second-order valence-electron chi connectivity index (χ2n) is 6.60. The quantitative estimate of drug-likeness (QED) is 0.799. The SMILES string of the molecule is CC(=O)N1C=Cc2ccccc2C1CC(=O)NCCOc1ccc(C)cc1. The van der Waals surface area contributed by atoms with Gasteiger partial charge in [-0.2, -0.15) is 0 Å². The van der Waals surface area contributed by atoms with E-state index >= 15 is 0 Å². The third kappa shape index (κ3) is 4.76. The third-order valence-electron chi connectivity index (χ3n) is 4.56. The fourth-order valence-electron chi connectivity index (χ4n) is 3.15. The molecule has 0 saturated carbocycles. The van der Waals surface area contributed by atoms with Crippen molar-refractivity contribution in [2.24, 2.45) is 0 Å². The molecule has 1 aliphatic heterocycles. The van der Waals surface area contributed by atoms with E-state index in [0.29, 0.717) is 13.2 Å². The molecule has 3 rings (SSSR count). The number of carbonyl (C=O) groups is 2. The largest absolute Gasteiger partial charge is 0.492 e. The predicted molar refractivity (Wildman–Crippen MR) is 105 cm³/mol. The molecule has 2 aromatic carbocycles. The van der Waals surface area contributed by atoms with Gasteiger partial charge in [0.05, 0.1) is 19.0 Å². The van der Waals surface area contributed by atoms with Crippen molar-refractivity contribution in [3.8, 4) is 5.75 Å². The number of hydrogen-bond donors (Lipinski definition) is 1. The zero-order chi connectivity index (χ0) is 19.2. The Labute approximate surface area is 159 Å². The lowest BCUT2D eigenvalue weighted by Gasteiger charge is -2.32. The molecule has 0 aromatic heterocycles. The first kappa shape index (κ1) is 18.7. The lowest BCUT2D eigenvalue weighted by molar-refractivity contribution is -0.130. The van der Waals surface area contributed by atoms with Crippen LogP contribution in [0.25, 0.3) is 6.08 Å². The molecule has 1 heterocycles. The van der Waals surface area contributed by atoms with Crippen molar-refractivity contribution < 1.29 is 14.3 Å². The number of amides is 2. The van der Waals surface area contributed by atoms with Crippen LogP contribution in [0, 0.1) is 6.92 Å². The first-order chi connectivity index (χ1) is 13.0. The van der Waals surface area contributed by atoms with Gasteiger partial charge in [-0.25, -0.2) is 0 Å². The maximum Gasteiger partial charge on any atom is 0.223 e. The number of rotatable bonds is 6. The number of aryl methyl sites for hydroxylation is 1. The summed E-state index contributed by atoms with van der Waals surface area (Å²) in [5, 5.41) is 2.88. The van der Waals surface area contributed by atoms with Crippen LogP contribution in [0.3, 0.4) is 0 Å². The Morgan fingerprint density at radius 2 is 1.85 bits per heavy atom. The van der Waals surface area contributed by atoms with Gasteiger partial charge in [-0.15, -0.1) is 0 Å². The molecule has 0 bridgehead atoms. The molecule has 2 amide bonds. The molecule has 0 spiro atoms. The third-order valence-corrected chi connectivity index (χ3v) is 4.56. The van der Waals surface area contributed by atoms with E-state index in [1.807, 2.05) is 61.5 Å². The van der Waals surface area contributed by atoms with Crippen LogP contribution in [0.2, 0.25) is 0 Å². The number of nitrogens with zero attached hydrogens (tertiary/aromatic N) is 1. The van der Waals surface area contributed by atoms with E-state index in [1.165, 1.54) is 12.5 Å².